The summed E-state index contributed by atoms with van der Waals surface area (Å²) >= 11 is 1.75. The van der Waals surface area contributed by atoms with Gasteiger partial charge >= 0.3 is 0 Å². The first-order valence-corrected chi connectivity index (χ1v) is 5.35. The molecule has 1 aromatic rings. The average molecular weight is 208 g/mol. The summed E-state index contributed by atoms with van der Waals surface area (Å²) in [7, 11) is 1.66. The fraction of sp³-hybridized carbons (Fsp3) is 0.333. The molecule has 0 N–H and O–H groups in total. The maximum absolute atomic E-state index is 5.17. The van der Waals surface area contributed by atoms with Crippen molar-refractivity contribution in [3.05, 3.63) is 42.7 Å². The van der Waals surface area contributed by atoms with Crippen molar-refractivity contribution in [2.45, 2.75) is 23.5 Å². The largest absolute Gasteiger partial charge is 0.500 e. The molecule has 0 aromatic heterocycles. The van der Waals surface area contributed by atoms with Crippen LogP contribution in [0.5, 0.6) is 0 Å². The van der Waals surface area contributed by atoms with Crippen molar-refractivity contribution in [2.24, 2.45) is 0 Å². The Labute approximate surface area is 90.2 Å². The first kappa shape index (κ1) is 11.2. The van der Waals surface area contributed by atoms with Gasteiger partial charge in [-0.3, -0.25) is 0 Å². The van der Waals surface area contributed by atoms with Crippen LogP contribution in [-0.4, -0.2) is 11.9 Å². The summed E-state index contributed by atoms with van der Waals surface area (Å²) in [5, 5.41) is 0. The van der Waals surface area contributed by atoms with Crippen LogP contribution in [0.2, 0.25) is 0 Å². The van der Waals surface area contributed by atoms with Crippen LogP contribution >= 0.6 is 11.8 Å². The Kier molecular flexibility index (Phi) is 3.64. The van der Waals surface area contributed by atoms with Crippen molar-refractivity contribution in [3.8, 4) is 0 Å². The third-order valence-corrected chi connectivity index (χ3v) is 3.28. The molecule has 0 aliphatic rings. The molecule has 0 aliphatic carbocycles. The van der Waals surface area contributed by atoms with Crippen molar-refractivity contribution in [2.75, 3.05) is 7.11 Å². The highest BCUT2D eigenvalue weighted by Crippen LogP contribution is 2.37. The first-order valence-electron chi connectivity index (χ1n) is 4.53. The van der Waals surface area contributed by atoms with Gasteiger partial charge in [0, 0.05) is 4.90 Å². The molecule has 1 nitrogen and oxygen atoms in total. The van der Waals surface area contributed by atoms with E-state index in [1.165, 1.54) is 4.90 Å². The Hall–Kier alpha value is -0.890. The van der Waals surface area contributed by atoms with Crippen LogP contribution in [0, 0.1) is 0 Å². The summed E-state index contributed by atoms with van der Waals surface area (Å²) in [5.41, 5.74) is 0. The number of thioether (sulfide) groups is 1. The van der Waals surface area contributed by atoms with E-state index in [1.807, 2.05) is 18.2 Å². The second-order valence-electron chi connectivity index (χ2n) is 3.55. The Balaban J connectivity index is 2.73. The van der Waals surface area contributed by atoms with E-state index >= 15 is 0 Å². The minimum Gasteiger partial charge on any atom is -0.500 e. The molecular formula is C12H16OS. The van der Waals surface area contributed by atoms with Crippen LogP contribution in [0.15, 0.2) is 47.6 Å². The summed E-state index contributed by atoms with van der Waals surface area (Å²) in [4.78, 5) is 1.23. The number of hydrogen-bond donors (Lipinski definition) is 0. The maximum atomic E-state index is 5.17. The topological polar surface area (TPSA) is 9.23 Å². The number of hydrogen-bond acceptors (Lipinski definition) is 2. The van der Waals surface area contributed by atoms with E-state index in [0.29, 0.717) is 0 Å². The fourth-order valence-corrected chi connectivity index (χ4v) is 2.17. The van der Waals surface area contributed by atoms with Gasteiger partial charge in [-0.05, 0) is 26.0 Å². The standard InChI is InChI=1S/C12H16OS/c1-10(13-4)12(2,3)14-11-8-6-5-7-9-11/h5-9H,1H2,2-4H3. The van der Waals surface area contributed by atoms with Crippen LogP contribution in [0.4, 0.5) is 0 Å². The Morgan fingerprint density at radius 2 is 1.86 bits per heavy atom. The van der Waals surface area contributed by atoms with E-state index < -0.39 is 0 Å². The zero-order valence-corrected chi connectivity index (χ0v) is 9.73. The molecule has 0 spiro atoms. The van der Waals surface area contributed by atoms with Gasteiger partial charge in [0.2, 0.25) is 0 Å². The maximum Gasteiger partial charge on any atom is 0.104 e. The van der Waals surface area contributed by atoms with Crippen molar-refractivity contribution in [1.29, 1.82) is 0 Å². The normalized spacial score (nSPS) is 11.1. The molecule has 1 aromatic carbocycles. The lowest BCUT2D eigenvalue weighted by atomic mass is 10.2. The summed E-state index contributed by atoms with van der Waals surface area (Å²) in [6.07, 6.45) is 0. The molecule has 0 bridgehead atoms. The molecule has 14 heavy (non-hydrogen) atoms. The van der Waals surface area contributed by atoms with Gasteiger partial charge in [-0.25, -0.2) is 0 Å². The predicted octanol–water partition coefficient (Wildman–Crippen LogP) is 3.72. The molecule has 0 unspecified atom stereocenters. The quantitative estimate of drug-likeness (QED) is 0.551. The second-order valence-corrected chi connectivity index (χ2v) is 5.25. The van der Waals surface area contributed by atoms with E-state index in [0.717, 1.165) is 5.76 Å². The van der Waals surface area contributed by atoms with Crippen molar-refractivity contribution in [1.82, 2.24) is 0 Å². The molecule has 0 amide bonds. The van der Waals surface area contributed by atoms with Gasteiger partial charge in [-0.15, -0.1) is 11.8 Å². The number of benzene rings is 1. The highest BCUT2D eigenvalue weighted by atomic mass is 32.2. The van der Waals surface area contributed by atoms with Gasteiger partial charge in [0.25, 0.3) is 0 Å². The predicted molar refractivity (Wildman–Crippen MR) is 62.5 cm³/mol. The third kappa shape index (κ3) is 2.81. The Morgan fingerprint density at radius 1 is 1.29 bits per heavy atom. The summed E-state index contributed by atoms with van der Waals surface area (Å²) < 4.78 is 5.08. The zero-order chi connectivity index (χ0) is 10.6. The minimum absolute atomic E-state index is 0.0872. The van der Waals surface area contributed by atoms with Gasteiger partial charge in [0.05, 0.1) is 11.9 Å². The van der Waals surface area contributed by atoms with Gasteiger partial charge in [0.1, 0.15) is 5.76 Å². The van der Waals surface area contributed by atoms with E-state index in [-0.39, 0.29) is 4.75 Å². The average Bonchev–Trinajstić information content (AvgIpc) is 2.17. The molecule has 0 saturated heterocycles. The van der Waals surface area contributed by atoms with Gasteiger partial charge in [0.15, 0.2) is 0 Å². The van der Waals surface area contributed by atoms with Crippen LogP contribution in [0.1, 0.15) is 13.8 Å². The van der Waals surface area contributed by atoms with E-state index in [9.17, 15) is 0 Å². The van der Waals surface area contributed by atoms with Crippen LogP contribution < -0.4 is 0 Å². The van der Waals surface area contributed by atoms with Gasteiger partial charge in [-0.2, -0.15) is 0 Å². The molecule has 76 valence electrons. The van der Waals surface area contributed by atoms with E-state index in [1.54, 1.807) is 18.9 Å². The summed E-state index contributed by atoms with van der Waals surface area (Å²) in [6.45, 7) is 8.11. The fourth-order valence-electron chi connectivity index (χ4n) is 1.09. The molecular weight excluding hydrogens is 192 g/mol. The van der Waals surface area contributed by atoms with Crippen molar-refractivity contribution >= 4 is 11.8 Å². The van der Waals surface area contributed by atoms with Crippen LogP contribution in [0.3, 0.4) is 0 Å². The minimum atomic E-state index is -0.0872. The van der Waals surface area contributed by atoms with Crippen LogP contribution in [-0.2, 0) is 4.74 Å². The highest BCUT2D eigenvalue weighted by Gasteiger charge is 2.23. The van der Waals surface area contributed by atoms with E-state index in [2.05, 4.69) is 32.6 Å². The molecule has 0 saturated carbocycles. The molecule has 0 heterocycles. The SMILES string of the molecule is C=C(OC)C(C)(C)Sc1ccccc1. The van der Waals surface area contributed by atoms with Crippen molar-refractivity contribution in [3.63, 3.8) is 0 Å². The molecule has 0 fully saturated rings. The van der Waals surface area contributed by atoms with Crippen LogP contribution in [0.25, 0.3) is 0 Å². The summed E-state index contributed by atoms with van der Waals surface area (Å²) in [5.74, 6) is 0.798. The molecule has 0 aliphatic heterocycles. The first-order chi connectivity index (χ1) is 6.56. The zero-order valence-electron chi connectivity index (χ0n) is 8.91. The monoisotopic (exact) mass is 208 g/mol. The molecule has 0 radical (unpaired) electrons. The van der Waals surface area contributed by atoms with E-state index in [4.69, 9.17) is 4.74 Å². The lowest BCUT2D eigenvalue weighted by Gasteiger charge is -2.25. The Bertz CT molecular complexity index is 303. The van der Waals surface area contributed by atoms with Crippen molar-refractivity contribution < 1.29 is 4.74 Å². The number of rotatable bonds is 4. The smallest absolute Gasteiger partial charge is 0.104 e. The second kappa shape index (κ2) is 4.56. The molecule has 0 atom stereocenters. The lowest BCUT2D eigenvalue weighted by Crippen LogP contribution is -2.18. The number of methoxy groups -OCH3 is 1. The van der Waals surface area contributed by atoms with Gasteiger partial charge < -0.3 is 4.74 Å². The summed E-state index contributed by atoms with van der Waals surface area (Å²) in [6, 6.07) is 10.3. The highest BCUT2D eigenvalue weighted by molar-refractivity contribution is 8.00. The molecule has 1 rings (SSSR count). The van der Waals surface area contributed by atoms with Gasteiger partial charge in [-0.1, -0.05) is 24.8 Å². The lowest BCUT2D eigenvalue weighted by molar-refractivity contribution is 0.266. The Morgan fingerprint density at radius 3 is 2.36 bits per heavy atom. The third-order valence-electron chi connectivity index (χ3n) is 2.03. The molecule has 2 heteroatoms. The number of ether oxygens (including phenoxy) is 1.